The summed E-state index contributed by atoms with van der Waals surface area (Å²) >= 11 is 0. The van der Waals surface area contributed by atoms with Gasteiger partial charge in [-0.3, -0.25) is 4.99 Å². The van der Waals surface area contributed by atoms with E-state index in [0.29, 0.717) is 11.9 Å². The minimum absolute atomic E-state index is 0.549. The highest BCUT2D eigenvalue weighted by Crippen LogP contribution is 2.12. The second-order valence-corrected chi connectivity index (χ2v) is 5.25. The standard InChI is InChI=1S/C14H23N5/c1-12(2)11-17-14(15)19-9-7-18(8-10-19)13-5-3-4-6-16-13/h3-6,12H,7-11H2,1-2H3,(H2,15,17). The molecule has 1 aromatic heterocycles. The number of rotatable bonds is 3. The first-order valence-corrected chi connectivity index (χ1v) is 6.87. The molecule has 1 aliphatic heterocycles. The van der Waals surface area contributed by atoms with Gasteiger partial charge in [-0.15, -0.1) is 0 Å². The van der Waals surface area contributed by atoms with Crippen molar-refractivity contribution < 1.29 is 0 Å². The molecule has 0 saturated carbocycles. The van der Waals surface area contributed by atoms with E-state index in [9.17, 15) is 0 Å². The van der Waals surface area contributed by atoms with Gasteiger partial charge in [0.2, 0.25) is 0 Å². The van der Waals surface area contributed by atoms with Gasteiger partial charge in [-0.25, -0.2) is 4.98 Å². The van der Waals surface area contributed by atoms with Gasteiger partial charge in [0, 0.05) is 38.9 Å². The molecule has 0 amide bonds. The Morgan fingerprint density at radius 3 is 2.63 bits per heavy atom. The van der Waals surface area contributed by atoms with E-state index in [-0.39, 0.29) is 0 Å². The quantitative estimate of drug-likeness (QED) is 0.655. The molecular weight excluding hydrogens is 238 g/mol. The van der Waals surface area contributed by atoms with Gasteiger partial charge in [-0.05, 0) is 18.1 Å². The highest BCUT2D eigenvalue weighted by molar-refractivity contribution is 5.78. The molecule has 0 bridgehead atoms. The molecule has 1 fully saturated rings. The van der Waals surface area contributed by atoms with Crippen LogP contribution in [0.15, 0.2) is 29.4 Å². The fraction of sp³-hybridized carbons (Fsp3) is 0.571. The van der Waals surface area contributed by atoms with Gasteiger partial charge in [0.15, 0.2) is 5.96 Å². The minimum Gasteiger partial charge on any atom is -0.370 e. The summed E-state index contributed by atoms with van der Waals surface area (Å²) in [4.78, 5) is 13.2. The Kier molecular flexibility index (Phi) is 4.60. The second kappa shape index (κ2) is 6.41. The summed E-state index contributed by atoms with van der Waals surface area (Å²) in [5.74, 6) is 2.27. The smallest absolute Gasteiger partial charge is 0.191 e. The number of nitrogens with two attached hydrogens (primary N) is 1. The predicted molar refractivity (Wildman–Crippen MR) is 79.4 cm³/mol. The molecule has 19 heavy (non-hydrogen) atoms. The van der Waals surface area contributed by atoms with Crippen molar-refractivity contribution in [1.82, 2.24) is 9.88 Å². The number of anilines is 1. The Bertz CT molecular complexity index is 407. The third kappa shape index (κ3) is 3.84. The first-order chi connectivity index (χ1) is 9.16. The Morgan fingerprint density at radius 1 is 1.32 bits per heavy atom. The van der Waals surface area contributed by atoms with E-state index in [4.69, 9.17) is 5.73 Å². The van der Waals surface area contributed by atoms with E-state index in [0.717, 1.165) is 38.5 Å². The second-order valence-electron chi connectivity index (χ2n) is 5.25. The van der Waals surface area contributed by atoms with Crippen molar-refractivity contribution in [1.29, 1.82) is 0 Å². The van der Waals surface area contributed by atoms with E-state index < -0.39 is 0 Å². The van der Waals surface area contributed by atoms with Crippen molar-refractivity contribution >= 4 is 11.8 Å². The Hall–Kier alpha value is -1.78. The van der Waals surface area contributed by atoms with Crippen LogP contribution in [-0.2, 0) is 0 Å². The van der Waals surface area contributed by atoms with Crippen molar-refractivity contribution in [3.8, 4) is 0 Å². The number of hydrogen-bond acceptors (Lipinski definition) is 3. The topological polar surface area (TPSA) is 57.8 Å². The Morgan fingerprint density at radius 2 is 2.05 bits per heavy atom. The lowest BCUT2D eigenvalue weighted by Crippen LogP contribution is -2.51. The molecule has 5 nitrogen and oxygen atoms in total. The third-order valence-corrected chi connectivity index (χ3v) is 3.20. The van der Waals surface area contributed by atoms with E-state index in [1.54, 1.807) is 0 Å². The molecule has 1 aliphatic rings. The van der Waals surface area contributed by atoms with Crippen LogP contribution < -0.4 is 10.6 Å². The maximum absolute atomic E-state index is 6.02. The maximum Gasteiger partial charge on any atom is 0.191 e. The van der Waals surface area contributed by atoms with Crippen molar-refractivity contribution in [2.75, 3.05) is 37.6 Å². The van der Waals surface area contributed by atoms with E-state index in [1.165, 1.54) is 0 Å². The zero-order chi connectivity index (χ0) is 13.7. The van der Waals surface area contributed by atoms with Crippen molar-refractivity contribution in [3.05, 3.63) is 24.4 Å². The van der Waals surface area contributed by atoms with Crippen molar-refractivity contribution in [2.45, 2.75) is 13.8 Å². The van der Waals surface area contributed by atoms with Crippen LogP contribution in [0.5, 0.6) is 0 Å². The van der Waals surface area contributed by atoms with Crippen molar-refractivity contribution in [3.63, 3.8) is 0 Å². The van der Waals surface area contributed by atoms with Crippen LogP contribution in [0.2, 0.25) is 0 Å². The molecule has 2 N–H and O–H groups in total. The molecule has 1 saturated heterocycles. The lowest BCUT2D eigenvalue weighted by molar-refractivity contribution is 0.378. The van der Waals surface area contributed by atoms with Crippen LogP contribution >= 0.6 is 0 Å². The summed E-state index contributed by atoms with van der Waals surface area (Å²) < 4.78 is 0. The summed E-state index contributed by atoms with van der Waals surface area (Å²) in [5, 5.41) is 0. The maximum atomic E-state index is 6.02. The molecule has 5 heteroatoms. The first kappa shape index (κ1) is 13.6. The summed E-state index contributed by atoms with van der Waals surface area (Å²) in [6, 6.07) is 6.01. The van der Waals surface area contributed by atoms with Crippen LogP contribution in [0.4, 0.5) is 5.82 Å². The highest BCUT2D eigenvalue weighted by atomic mass is 15.3. The Labute approximate surface area is 115 Å². The van der Waals surface area contributed by atoms with Gasteiger partial charge in [-0.1, -0.05) is 19.9 Å². The molecular formula is C14H23N5. The van der Waals surface area contributed by atoms with E-state index in [2.05, 4.69) is 33.6 Å². The van der Waals surface area contributed by atoms with Crippen LogP contribution in [0.3, 0.4) is 0 Å². The SMILES string of the molecule is CC(C)CN=C(N)N1CCN(c2ccccn2)CC1. The van der Waals surface area contributed by atoms with E-state index >= 15 is 0 Å². The number of hydrogen-bond donors (Lipinski definition) is 1. The van der Waals surface area contributed by atoms with Gasteiger partial charge in [0.1, 0.15) is 5.82 Å². The largest absolute Gasteiger partial charge is 0.370 e. The Balaban J connectivity index is 1.87. The summed E-state index contributed by atoms with van der Waals surface area (Å²) in [5.41, 5.74) is 6.02. The average molecular weight is 261 g/mol. The molecule has 0 unspecified atom stereocenters. The summed E-state index contributed by atoms with van der Waals surface area (Å²) in [6.45, 7) is 8.79. The predicted octanol–water partition coefficient (Wildman–Crippen LogP) is 1.17. The average Bonchev–Trinajstić information content (AvgIpc) is 2.46. The zero-order valence-corrected chi connectivity index (χ0v) is 11.8. The van der Waals surface area contributed by atoms with Crippen molar-refractivity contribution in [2.24, 2.45) is 16.6 Å². The van der Waals surface area contributed by atoms with Gasteiger partial charge in [0.05, 0.1) is 0 Å². The third-order valence-electron chi connectivity index (χ3n) is 3.20. The van der Waals surface area contributed by atoms with Gasteiger partial charge < -0.3 is 15.5 Å². The lowest BCUT2D eigenvalue weighted by Gasteiger charge is -2.36. The van der Waals surface area contributed by atoms with Gasteiger partial charge in [0.25, 0.3) is 0 Å². The fourth-order valence-corrected chi connectivity index (χ4v) is 2.08. The molecule has 1 aromatic rings. The highest BCUT2D eigenvalue weighted by Gasteiger charge is 2.18. The van der Waals surface area contributed by atoms with Gasteiger partial charge in [-0.2, -0.15) is 0 Å². The first-order valence-electron chi connectivity index (χ1n) is 6.87. The summed E-state index contributed by atoms with van der Waals surface area (Å²) in [6.07, 6.45) is 1.83. The zero-order valence-electron chi connectivity index (χ0n) is 11.8. The normalized spacial score (nSPS) is 17.1. The molecule has 0 radical (unpaired) electrons. The molecule has 2 rings (SSSR count). The van der Waals surface area contributed by atoms with E-state index in [1.807, 2.05) is 24.4 Å². The molecule has 0 aliphatic carbocycles. The minimum atomic E-state index is 0.549. The number of piperazine rings is 1. The van der Waals surface area contributed by atoms with Gasteiger partial charge >= 0.3 is 0 Å². The molecule has 0 atom stereocenters. The number of guanidine groups is 1. The van der Waals surface area contributed by atoms with Crippen LogP contribution in [-0.4, -0.2) is 48.6 Å². The molecule has 104 valence electrons. The lowest BCUT2D eigenvalue weighted by atomic mass is 10.2. The number of aromatic nitrogens is 1. The summed E-state index contributed by atoms with van der Waals surface area (Å²) in [7, 11) is 0. The number of nitrogens with zero attached hydrogens (tertiary/aromatic N) is 4. The van der Waals surface area contributed by atoms with Crippen LogP contribution in [0.1, 0.15) is 13.8 Å². The van der Waals surface area contributed by atoms with Crippen LogP contribution in [0, 0.1) is 5.92 Å². The fourth-order valence-electron chi connectivity index (χ4n) is 2.08. The van der Waals surface area contributed by atoms with Crippen LogP contribution in [0.25, 0.3) is 0 Å². The number of pyridine rings is 1. The monoisotopic (exact) mass is 261 g/mol. The molecule has 0 aromatic carbocycles. The molecule has 0 spiro atoms. The number of aliphatic imine (C=N–C) groups is 1. The molecule has 2 heterocycles.